The number of carbonyl (C=O) groups excluding carboxylic acids is 2. The molecular weight excluding hydrogens is 232 g/mol. The van der Waals surface area contributed by atoms with E-state index in [4.69, 9.17) is 10.8 Å². The number of carbonyl (C=O) groups is 3. The standard InChI is InChI=1S/C9H16N2O4S/c1-3-11(4-2)9(15)16-6(8(13)14)5-7(10)12/h6H,3-5H2,1-2H3,(H2,10,12)(H,13,14)/t6-/m1/s1. The van der Waals surface area contributed by atoms with Crippen LogP contribution in [0.25, 0.3) is 0 Å². The topological polar surface area (TPSA) is 101 Å². The van der Waals surface area contributed by atoms with Crippen LogP contribution in [0.2, 0.25) is 0 Å². The summed E-state index contributed by atoms with van der Waals surface area (Å²) in [5, 5.41) is 7.34. The Bertz CT molecular complexity index is 279. The van der Waals surface area contributed by atoms with Crippen LogP contribution in [0.3, 0.4) is 0 Å². The average molecular weight is 248 g/mol. The number of amides is 2. The number of nitrogens with zero attached hydrogens (tertiary/aromatic N) is 1. The second-order valence-electron chi connectivity index (χ2n) is 3.05. The second kappa shape index (κ2) is 7.10. The summed E-state index contributed by atoms with van der Waals surface area (Å²) in [5.41, 5.74) is 4.91. The van der Waals surface area contributed by atoms with Crippen molar-refractivity contribution in [3.63, 3.8) is 0 Å². The molecule has 3 N–H and O–H groups in total. The molecule has 0 radical (unpaired) electrons. The molecule has 16 heavy (non-hydrogen) atoms. The number of nitrogens with two attached hydrogens (primary N) is 1. The molecule has 0 aromatic rings. The molecule has 92 valence electrons. The molecule has 0 unspecified atom stereocenters. The molecular formula is C9H16N2O4S. The third kappa shape index (κ3) is 5.01. The van der Waals surface area contributed by atoms with Gasteiger partial charge in [0.2, 0.25) is 5.91 Å². The summed E-state index contributed by atoms with van der Waals surface area (Å²) in [6.45, 7) is 4.61. The van der Waals surface area contributed by atoms with Crippen LogP contribution in [-0.2, 0) is 9.59 Å². The van der Waals surface area contributed by atoms with Gasteiger partial charge in [-0.15, -0.1) is 0 Å². The Balaban J connectivity index is 4.44. The van der Waals surface area contributed by atoms with Gasteiger partial charge in [0, 0.05) is 19.5 Å². The summed E-state index contributed by atoms with van der Waals surface area (Å²) < 4.78 is 0. The first-order valence-electron chi connectivity index (χ1n) is 4.89. The van der Waals surface area contributed by atoms with Crippen molar-refractivity contribution >= 4 is 28.9 Å². The number of carboxylic acid groups (broad SMARTS) is 1. The summed E-state index contributed by atoms with van der Waals surface area (Å²) in [6.07, 6.45) is -0.340. The van der Waals surface area contributed by atoms with Crippen LogP contribution in [0, 0.1) is 0 Å². The van der Waals surface area contributed by atoms with E-state index in [-0.39, 0.29) is 11.7 Å². The monoisotopic (exact) mass is 248 g/mol. The maximum atomic E-state index is 11.6. The van der Waals surface area contributed by atoms with E-state index in [0.29, 0.717) is 24.9 Å². The van der Waals surface area contributed by atoms with Gasteiger partial charge >= 0.3 is 5.97 Å². The molecule has 0 aliphatic heterocycles. The molecule has 2 amide bonds. The number of hydrogen-bond acceptors (Lipinski definition) is 4. The molecule has 0 bridgehead atoms. The Labute approximate surface area is 98.2 Å². The molecule has 6 nitrogen and oxygen atoms in total. The van der Waals surface area contributed by atoms with Crippen molar-refractivity contribution in [1.29, 1.82) is 0 Å². The summed E-state index contributed by atoms with van der Waals surface area (Å²) in [7, 11) is 0. The zero-order valence-corrected chi connectivity index (χ0v) is 10.1. The summed E-state index contributed by atoms with van der Waals surface area (Å²) in [5.74, 6) is -1.93. The number of aliphatic carboxylic acids is 1. The summed E-state index contributed by atoms with van der Waals surface area (Å²) >= 11 is 0.625. The van der Waals surface area contributed by atoms with Gasteiger partial charge in [-0.1, -0.05) is 0 Å². The van der Waals surface area contributed by atoms with Gasteiger partial charge in [-0.2, -0.15) is 0 Å². The SMILES string of the molecule is CCN(CC)C(=O)S[C@H](CC(N)=O)C(=O)O. The highest BCUT2D eigenvalue weighted by Gasteiger charge is 2.25. The minimum atomic E-state index is -1.20. The zero-order valence-electron chi connectivity index (χ0n) is 9.30. The third-order valence-electron chi connectivity index (χ3n) is 1.93. The third-order valence-corrected chi connectivity index (χ3v) is 3.04. The van der Waals surface area contributed by atoms with Crippen LogP contribution in [0.15, 0.2) is 0 Å². The molecule has 0 aromatic carbocycles. The van der Waals surface area contributed by atoms with E-state index in [1.165, 1.54) is 4.90 Å². The van der Waals surface area contributed by atoms with Gasteiger partial charge in [0.1, 0.15) is 5.25 Å². The summed E-state index contributed by atoms with van der Waals surface area (Å²) in [6, 6.07) is 0. The molecule has 0 fully saturated rings. The predicted molar refractivity (Wildman–Crippen MR) is 61.1 cm³/mol. The van der Waals surface area contributed by atoms with Crippen molar-refractivity contribution in [2.75, 3.05) is 13.1 Å². The van der Waals surface area contributed by atoms with Crippen molar-refractivity contribution in [2.45, 2.75) is 25.5 Å². The first-order chi connectivity index (χ1) is 7.42. The molecule has 0 heterocycles. The van der Waals surface area contributed by atoms with Gasteiger partial charge in [-0.3, -0.25) is 14.4 Å². The molecule has 0 saturated heterocycles. The maximum absolute atomic E-state index is 11.6. The quantitative estimate of drug-likeness (QED) is 0.713. The normalized spacial score (nSPS) is 11.9. The highest BCUT2D eigenvalue weighted by molar-refractivity contribution is 8.14. The van der Waals surface area contributed by atoms with E-state index in [1.807, 2.05) is 0 Å². The minimum Gasteiger partial charge on any atom is -0.480 e. The molecule has 0 saturated carbocycles. The predicted octanol–water partition coefficient (Wildman–Crippen LogP) is 0.510. The fraction of sp³-hybridized carbons (Fsp3) is 0.667. The Morgan fingerprint density at radius 3 is 2.12 bits per heavy atom. The molecule has 0 aliphatic rings. The smallest absolute Gasteiger partial charge is 0.317 e. The van der Waals surface area contributed by atoms with Gasteiger partial charge in [0.25, 0.3) is 5.24 Å². The first-order valence-corrected chi connectivity index (χ1v) is 5.76. The lowest BCUT2D eigenvalue weighted by Gasteiger charge is -2.19. The Kier molecular flexibility index (Phi) is 6.55. The molecule has 0 aromatic heterocycles. The van der Waals surface area contributed by atoms with Crippen LogP contribution < -0.4 is 5.73 Å². The van der Waals surface area contributed by atoms with Gasteiger partial charge in [-0.05, 0) is 25.6 Å². The number of thioether (sulfide) groups is 1. The Hall–Kier alpha value is -1.24. The zero-order chi connectivity index (χ0) is 12.7. The maximum Gasteiger partial charge on any atom is 0.317 e. The number of rotatable bonds is 6. The van der Waals surface area contributed by atoms with Crippen LogP contribution in [0.4, 0.5) is 4.79 Å². The lowest BCUT2D eigenvalue weighted by atomic mass is 10.3. The molecule has 0 spiro atoms. The van der Waals surface area contributed by atoms with Crippen LogP contribution in [0.1, 0.15) is 20.3 Å². The van der Waals surface area contributed by atoms with E-state index in [0.717, 1.165) is 0 Å². The van der Waals surface area contributed by atoms with Gasteiger partial charge < -0.3 is 15.7 Å². The number of hydrogen-bond donors (Lipinski definition) is 2. The average Bonchev–Trinajstić information content (AvgIpc) is 2.17. The Morgan fingerprint density at radius 2 is 1.81 bits per heavy atom. The van der Waals surface area contributed by atoms with Crippen molar-refractivity contribution in [3.8, 4) is 0 Å². The van der Waals surface area contributed by atoms with Crippen molar-refractivity contribution < 1.29 is 19.5 Å². The Morgan fingerprint density at radius 1 is 1.31 bits per heavy atom. The highest BCUT2D eigenvalue weighted by Crippen LogP contribution is 2.19. The molecule has 0 rings (SSSR count). The van der Waals surface area contributed by atoms with Gasteiger partial charge in [0.05, 0.1) is 0 Å². The van der Waals surface area contributed by atoms with Crippen molar-refractivity contribution in [2.24, 2.45) is 5.73 Å². The van der Waals surface area contributed by atoms with E-state index >= 15 is 0 Å². The molecule has 7 heteroatoms. The first kappa shape index (κ1) is 14.8. The van der Waals surface area contributed by atoms with E-state index in [1.54, 1.807) is 13.8 Å². The number of primary amides is 1. The highest BCUT2D eigenvalue weighted by atomic mass is 32.2. The van der Waals surface area contributed by atoms with Crippen LogP contribution in [0.5, 0.6) is 0 Å². The lowest BCUT2D eigenvalue weighted by Crippen LogP contribution is -2.32. The lowest BCUT2D eigenvalue weighted by molar-refractivity contribution is -0.137. The van der Waals surface area contributed by atoms with E-state index in [2.05, 4.69) is 0 Å². The number of carboxylic acids is 1. The van der Waals surface area contributed by atoms with Crippen molar-refractivity contribution in [3.05, 3.63) is 0 Å². The minimum absolute atomic E-state index is 0.340. The fourth-order valence-corrected chi connectivity index (χ4v) is 2.04. The fourth-order valence-electron chi connectivity index (χ4n) is 1.04. The van der Waals surface area contributed by atoms with Gasteiger partial charge in [0.15, 0.2) is 0 Å². The van der Waals surface area contributed by atoms with E-state index < -0.39 is 17.1 Å². The van der Waals surface area contributed by atoms with Crippen LogP contribution >= 0.6 is 11.8 Å². The largest absolute Gasteiger partial charge is 0.480 e. The molecule has 0 aliphatic carbocycles. The van der Waals surface area contributed by atoms with Crippen LogP contribution in [-0.4, -0.2) is 45.5 Å². The second-order valence-corrected chi connectivity index (χ2v) is 4.21. The summed E-state index contributed by atoms with van der Waals surface area (Å²) in [4.78, 5) is 34.5. The van der Waals surface area contributed by atoms with Gasteiger partial charge in [-0.25, -0.2) is 0 Å². The van der Waals surface area contributed by atoms with E-state index in [9.17, 15) is 14.4 Å². The molecule has 1 atom stereocenters. The van der Waals surface area contributed by atoms with Crippen molar-refractivity contribution in [1.82, 2.24) is 4.90 Å².